The van der Waals surface area contributed by atoms with Crippen molar-refractivity contribution in [3.05, 3.63) is 0 Å². The number of hydrazine groups is 1. The van der Waals surface area contributed by atoms with E-state index in [9.17, 15) is 9.59 Å². The molecule has 1 atom stereocenters. The van der Waals surface area contributed by atoms with Gasteiger partial charge in [0.2, 0.25) is 5.91 Å². The molecular weight excluding hydrogens is 204 g/mol. The van der Waals surface area contributed by atoms with E-state index in [4.69, 9.17) is 0 Å². The van der Waals surface area contributed by atoms with Gasteiger partial charge >= 0.3 is 0 Å². The third-order valence-corrected chi connectivity index (χ3v) is 3.85. The third-order valence-electron chi connectivity index (χ3n) is 3.85. The molecule has 1 N–H and O–H groups in total. The Kier molecular flexibility index (Phi) is 3.02. The summed E-state index contributed by atoms with van der Waals surface area (Å²) in [6.07, 6.45) is 5.46. The fraction of sp³-hybridized carbons (Fsp3) is 0.833. The van der Waals surface area contributed by atoms with Crippen LogP contribution >= 0.6 is 0 Å². The SMILES string of the molecule is CC(=O)CN1NC(C)(C2CCCC2)CC1=O. The summed E-state index contributed by atoms with van der Waals surface area (Å²) in [6, 6.07) is 0. The summed E-state index contributed by atoms with van der Waals surface area (Å²) < 4.78 is 0. The lowest BCUT2D eigenvalue weighted by Crippen LogP contribution is -2.49. The fourth-order valence-electron chi connectivity index (χ4n) is 2.97. The van der Waals surface area contributed by atoms with Gasteiger partial charge in [-0.05, 0) is 32.6 Å². The molecule has 1 aliphatic heterocycles. The highest BCUT2D eigenvalue weighted by Crippen LogP contribution is 2.38. The minimum Gasteiger partial charge on any atom is -0.298 e. The molecule has 0 spiro atoms. The van der Waals surface area contributed by atoms with E-state index in [0.29, 0.717) is 12.3 Å². The van der Waals surface area contributed by atoms with Crippen LogP contribution in [0.5, 0.6) is 0 Å². The Morgan fingerprint density at radius 3 is 2.69 bits per heavy atom. The molecule has 2 aliphatic rings. The van der Waals surface area contributed by atoms with Crippen LogP contribution in [-0.2, 0) is 9.59 Å². The Morgan fingerprint density at radius 2 is 2.12 bits per heavy atom. The van der Waals surface area contributed by atoms with Crippen LogP contribution in [0.2, 0.25) is 0 Å². The molecule has 1 aliphatic carbocycles. The van der Waals surface area contributed by atoms with Crippen molar-refractivity contribution in [2.45, 2.75) is 51.5 Å². The van der Waals surface area contributed by atoms with Crippen molar-refractivity contribution in [1.82, 2.24) is 10.4 Å². The van der Waals surface area contributed by atoms with Crippen LogP contribution in [0.3, 0.4) is 0 Å². The van der Waals surface area contributed by atoms with E-state index < -0.39 is 0 Å². The second kappa shape index (κ2) is 4.17. The normalized spacial score (nSPS) is 31.4. The van der Waals surface area contributed by atoms with E-state index in [1.807, 2.05) is 0 Å². The van der Waals surface area contributed by atoms with Gasteiger partial charge in [-0.15, -0.1) is 0 Å². The second-order valence-electron chi connectivity index (χ2n) is 5.37. The maximum atomic E-state index is 11.8. The number of nitrogens with one attached hydrogen (secondary N) is 1. The maximum Gasteiger partial charge on any atom is 0.239 e. The van der Waals surface area contributed by atoms with E-state index in [2.05, 4.69) is 12.3 Å². The zero-order valence-corrected chi connectivity index (χ0v) is 10.1. The standard InChI is InChI=1S/C12H20N2O2/c1-9(15)8-14-11(16)7-12(2,13-14)10-5-3-4-6-10/h10,13H,3-8H2,1-2H3. The molecule has 4 nitrogen and oxygen atoms in total. The van der Waals surface area contributed by atoms with Crippen LogP contribution in [0.4, 0.5) is 0 Å². The molecule has 2 fully saturated rings. The highest BCUT2D eigenvalue weighted by Gasteiger charge is 2.45. The lowest BCUT2D eigenvalue weighted by Gasteiger charge is -2.31. The minimum absolute atomic E-state index is 0.0246. The molecule has 0 aromatic carbocycles. The zero-order chi connectivity index (χ0) is 11.8. The Hall–Kier alpha value is -0.900. The van der Waals surface area contributed by atoms with E-state index in [0.717, 1.165) is 0 Å². The van der Waals surface area contributed by atoms with Gasteiger partial charge in [0.1, 0.15) is 0 Å². The van der Waals surface area contributed by atoms with E-state index in [1.165, 1.54) is 37.6 Å². The van der Waals surface area contributed by atoms with Gasteiger partial charge in [-0.3, -0.25) is 14.6 Å². The zero-order valence-electron chi connectivity index (χ0n) is 10.1. The van der Waals surface area contributed by atoms with Crippen molar-refractivity contribution < 1.29 is 9.59 Å². The fourth-order valence-corrected chi connectivity index (χ4v) is 2.97. The van der Waals surface area contributed by atoms with Gasteiger partial charge < -0.3 is 0 Å². The monoisotopic (exact) mass is 224 g/mol. The molecule has 4 heteroatoms. The van der Waals surface area contributed by atoms with Crippen molar-refractivity contribution in [2.75, 3.05) is 6.54 Å². The molecule has 16 heavy (non-hydrogen) atoms. The van der Waals surface area contributed by atoms with Crippen molar-refractivity contribution in [1.29, 1.82) is 0 Å². The topological polar surface area (TPSA) is 49.4 Å². The molecule has 1 amide bonds. The Morgan fingerprint density at radius 1 is 1.50 bits per heavy atom. The third kappa shape index (κ3) is 2.12. The summed E-state index contributed by atoms with van der Waals surface area (Å²) in [4.78, 5) is 22.8. The molecule has 0 bridgehead atoms. The van der Waals surface area contributed by atoms with Gasteiger partial charge in [0, 0.05) is 12.0 Å². The van der Waals surface area contributed by atoms with Gasteiger partial charge in [0.25, 0.3) is 0 Å². The number of carbonyl (C=O) groups excluding carboxylic acids is 2. The first-order chi connectivity index (χ1) is 7.51. The van der Waals surface area contributed by atoms with Crippen LogP contribution in [0.15, 0.2) is 0 Å². The molecular formula is C12H20N2O2. The predicted octanol–water partition coefficient (Wildman–Crippen LogP) is 1.26. The van der Waals surface area contributed by atoms with Crippen molar-refractivity contribution in [3.63, 3.8) is 0 Å². The van der Waals surface area contributed by atoms with Crippen molar-refractivity contribution in [3.8, 4) is 0 Å². The highest BCUT2D eigenvalue weighted by molar-refractivity contribution is 5.86. The summed E-state index contributed by atoms with van der Waals surface area (Å²) in [5, 5.41) is 1.50. The summed E-state index contributed by atoms with van der Waals surface area (Å²) in [5.41, 5.74) is 3.13. The van der Waals surface area contributed by atoms with Crippen molar-refractivity contribution >= 4 is 11.7 Å². The Balaban J connectivity index is 2.03. The van der Waals surface area contributed by atoms with Crippen LogP contribution < -0.4 is 5.43 Å². The first-order valence-electron chi connectivity index (χ1n) is 6.09. The van der Waals surface area contributed by atoms with Crippen molar-refractivity contribution in [2.24, 2.45) is 5.92 Å². The van der Waals surface area contributed by atoms with Gasteiger partial charge in [-0.2, -0.15) is 0 Å². The Bertz CT molecular complexity index is 310. The van der Waals surface area contributed by atoms with E-state index in [-0.39, 0.29) is 23.8 Å². The van der Waals surface area contributed by atoms with Gasteiger partial charge in [-0.1, -0.05) is 12.8 Å². The van der Waals surface area contributed by atoms with Crippen LogP contribution in [0.1, 0.15) is 46.0 Å². The number of hydrogen-bond donors (Lipinski definition) is 1. The smallest absolute Gasteiger partial charge is 0.239 e. The molecule has 1 saturated carbocycles. The quantitative estimate of drug-likeness (QED) is 0.785. The number of hydrogen-bond acceptors (Lipinski definition) is 3. The average molecular weight is 224 g/mol. The van der Waals surface area contributed by atoms with E-state index >= 15 is 0 Å². The van der Waals surface area contributed by atoms with E-state index in [1.54, 1.807) is 0 Å². The summed E-state index contributed by atoms with van der Waals surface area (Å²) in [5.74, 6) is 0.662. The average Bonchev–Trinajstić information content (AvgIpc) is 2.75. The molecule has 0 radical (unpaired) electrons. The molecule has 1 heterocycles. The number of amides is 1. The first-order valence-corrected chi connectivity index (χ1v) is 6.09. The minimum atomic E-state index is -0.122. The Labute approximate surface area is 96.3 Å². The highest BCUT2D eigenvalue weighted by atomic mass is 16.2. The molecule has 2 rings (SSSR count). The van der Waals surface area contributed by atoms with Gasteiger partial charge in [0.15, 0.2) is 5.78 Å². The largest absolute Gasteiger partial charge is 0.298 e. The number of ketones is 1. The number of nitrogens with zero attached hydrogens (tertiary/aromatic N) is 1. The second-order valence-corrected chi connectivity index (χ2v) is 5.37. The summed E-state index contributed by atoms with van der Waals surface area (Å²) in [6.45, 7) is 3.82. The number of rotatable bonds is 3. The predicted molar refractivity (Wildman–Crippen MR) is 60.5 cm³/mol. The molecule has 0 aromatic heterocycles. The lowest BCUT2D eigenvalue weighted by atomic mass is 9.83. The molecule has 1 saturated heterocycles. The van der Waals surface area contributed by atoms with Crippen LogP contribution in [0, 0.1) is 5.92 Å². The number of carbonyl (C=O) groups is 2. The number of Topliss-reactive ketones (excluding diaryl/α,β-unsaturated/α-hetero) is 1. The van der Waals surface area contributed by atoms with Crippen LogP contribution in [0.25, 0.3) is 0 Å². The summed E-state index contributed by atoms with van der Waals surface area (Å²) in [7, 11) is 0. The van der Waals surface area contributed by atoms with Gasteiger partial charge in [0.05, 0.1) is 6.54 Å². The first kappa shape index (κ1) is 11.6. The molecule has 0 aromatic rings. The molecule has 1 unspecified atom stereocenters. The maximum absolute atomic E-state index is 11.8. The summed E-state index contributed by atoms with van der Waals surface area (Å²) >= 11 is 0. The lowest BCUT2D eigenvalue weighted by molar-refractivity contribution is -0.133. The van der Waals surface area contributed by atoms with Crippen LogP contribution in [-0.4, -0.2) is 28.8 Å². The van der Waals surface area contributed by atoms with Gasteiger partial charge in [-0.25, -0.2) is 5.43 Å². The molecule has 90 valence electrons.